The second kappa shape index (κ2) is 6.63. The van der Waals surface area contributed by atoms with Crippen LogP contribution in [0.2, 0.25) is 0 Å². The van der Waals surface area contributed by atoms with Crippen LogP contribution in [0, 0.1) is 0 Å². The maximum absolute atomic E-state index is 9.65. The van der Waals surface area contributed by atoms with E-state index in [1.54, 1.807) is 7.11 Å². The number of aliphatic hydroxyl groups excluding tert-OH is 1. The van der Waals surface area contributed by atoms with Gasteiger partial charge in [-0.25, -0.2) is 0 Å². The Bertz CT molecular complexity index is 289. The lowest BCUT2D eigenvalue weighted by Gasteiger charge is -2.27. The Hall–Kier alpha value is -0.900. The summed E-state index contributed by atoms with van der Waals surface area (Å²) in [5, 5.41) is 9.65. The van der Waals surface area contributed by atoms with E-state index < -0.39 is 6.10 Å². The number of nitrogens with zero attached hydrogens (tertiary/aromatic N) is 1. The molecule has 3 nitrogen and oxygen atoms in total. The Balaban J connectivity index is 2.51. The first-order chi connectivity index (χ1) is 7.65. The molecule has 1 aromatic carbocycles. The van der Waals surface area contributed by atoms with Crippen LogP contribution in [0.25, 0.3) is 0 Å². The second-order valence-corrected chi connectivity index (χ2v) is 4.14. The Kier molecular flexibility index (Phi) is 5.46. The highest BCUT2D eigenvalue weighted by molar-refractivity contribution is 5.18. The SMILES string of the molecule is COCC(O)CN(C)C(C)c1ccccc1. The highest BCUT2D eigenvalue weighted by atomic mass is 16.5. The lowest BCUT2D eigenvalue weighted by Crippen LogP contribution is -2.33. The summed E-state index contributed by atoms with van der Waals surface area (Å²) in [5.74, 6) is 0. The first-order valence-electron chi connectivity index (χ1n) is 5.57. The fraction of sp³-hybridized carbons (Fsp3) is 0.538. The summed E-state index contributed by atoms with van der Waals surface area (Å²) in [5.41, 5.74) is 1.26. The fourth-order valence-corrected chi connectivity index (χ4v) is 1.72. The molecule has 0 bridgehead atoms. The summed E-state index contributed by atoms with van der Waals surface area (Å²) < 4.78 is 4.91. The summed E-state index contributed by atoms with van der Waals surface area (Å²) in [6.45, 7) is 3.13. The molecular formula is C13H21NO2. The van der Waals surface area contributed by atoms with E-state index >= 15 is 0 Å². The van der Waals surface area contributed by atoms with Gasteiger partial charge in [-0.2, -0.15) is 0 Å². The minimum atomic E-state index is -0.429. The van der Waals surface area contributed by atoms with Crippen molar-refractivity contribution in [2.45, 2.75) is 19.1 Å². The molecule has 1 rings (SSSR count). The molecule has 2 unspecified atom stereocenters. The molecule has 0 aliphatic carbocycles. The second-order valence-electron chi connectivity index (χ2n) is 4.14. The Morgan fingerprint density at radius 3 is 2.50 bits per heavy atom. The van der Waals surface area contributed by atoms with Crippen molar-refractivity contribution in [1.29, 1.82) is 0 Å². The molecular weight excluding hydrogens is 202 g/mol. The molecule has 0 radical (unpaired) electrons. The van der Waals surface area contributed by atoms with Crippen LogP contribution in [0.5, 0.6) is 0 Å². The van der Waals surface area contributed by atoms with E-state index in [4.69, 9.17) is 4.74 Å². The van der Waals surface area contributed by atoms with Gasteiger partial charge in [0.05, 0.1) is 12.7 Å². The van der Waals surface area contributed by atoms with Crippen molar-refractivity contribution >= 4 is 0 Å². The summed E-state index contributed by atoms with van der Waals surface area (Å²) >= 11 is 0. The lowest BCUT2D eigenvalue weighted by molar-refractivity contribution is 0.0357. The molecule has 0 saturated heterocycles. The van der Waals surface area contributed by atoms with Crippen molar-refractivity contribution < 1.29 is 9.84 Å². The molecule has 0 amide bonds. The van der Waals surface area contributed by atoms with E-state index in [0.29, 0.717) is 19.2 Å². The molecule has 16 heavy (non-hydrogen) atoms. The third kappa shape index (κ3) is 3.93. The maximum Gasteiger partial charge on any atom is 0.0900 e. The van der Waals surface area contributed by atoms with Crippen LogP contribution in [0.4, 0.5) is 0 Å². The van der Waals surface area contributed by atoms with Gasteiger partial charge in [-0.3, -0.25) is 4.90 Å². The van der Waals surface area contributed by atoms with Crippen LogP contribution in [-0.4, -0.2) is 43.4 Å². The van der Waals surface area contributed by atoms with Crippen LogP contribution in [0.3, 0.4) is 0 Å². The minimum absolute atomic E-state index is 0.299. The van der Waals surface area contributed by atoms with E-state index in [1.807, 2.05) is 25.2 Å². The van der Waals surface area contributed by atoms with E-state index in [1.165, 1.54) is 5.56 Å². The zero-order valence-corrected chi connectivity index (χ0v) is 10.3. The first-order valence-corrected chi connectivity index (χ1v) is 5.57. The standard InChI is InChI=1S/C13H21NO2/c1-11(12-7-5-4-6-8-12)14(2)9-13(15)10-16-3/h4-8,11,13,15H,9-10H2,1-3H3. The zero-order chi connectivity index (χ0) is 12.0. The van der Waals surface area contributed by atoms with Gasteiger partial charge in [-0.15, -0.1) is 0 Å². The first kappa shape index (κ1) is 13.2. The van der Waals surface area contributed by atoms with Gasteiger partial charge in [0, 0.05) is 19.7 Å². The largest absolute Gasteiger partial charge is 0.389 e. The molecule has 90 valence electrons. The minimum Gasteiger partial charge on any atom is -0.389 e. The monoisotopic (exact) mass is 223 g/mol. The van der Waals surface area contributed by atoms with Gasteiger partial charge in [0.1, 0.15) is 0 Å². The topological polar surface area (TPSA) is 32.7 Å². The Morgan fingerprint density at radius 2 is 1.94 bits per heavy atom. The highest BCUT2D eigenvalue weighted by Crippen LogP contribution is 2.17. The van der Waals surface area contributed by atoms with Crippen LogP contribution in [0.1, 0.15) is 18.5 Å². The molecule has 0 aromatic heterocycles. The molecule has 1 aromatic rings. The van der Waals surface area contributed by atoms with Gasteiger partial charge in [-0.05, 0) is 19.5 Å². The normalized spacial score (nSPS) is 15.1. The number of benzene rings is 1. The number of rotatable bonds is 6. The Labute approximate surface area is 97.7 Å². The van der Waals surface area contributed by atoms with E-state index in [9.17, 15) is 5.11 Å². The number of aliphatic hydroxyl groups is 1. The van der Waals surface area contributed by atoms with Crippen molar-refractivity contribution in [3.8, 4) is 0 Å². The molecule has 0 fully saturated rings. The fourth-order valence-electron chi connectivity index (χ4n) is 1.72. The average Bonchev–Trinajstić information content (AvgIpc) is 2.29. The van der Waals surface area contributed by atoms with E-state index in [2.05, 4.69) is 24.0 Å². The van der Waals surface area contributed by atoms with Gasteiger partial charge in [0.15, 0.2) is 0 Å². The molecule has 3 heteroatoms. The number of hydrogen-bond acceptors (Lipinski definition) is 3. The molecule has 0 aliphatic rings. The molecule has 1 N–H and O–H groups in total. The van der Waals surface area contributed by atoms with Gasteiger partial charge in [0.2, 0.25) is 0 Å². The predicted octanol–water partition coefficient (Wildman–Crippen LogP) is 1.69. The highest BCUT2D eigenvalue weighted by Gasteiger charge is 2.14. The number of hydrogen-bond donors (Lipinski definition) is 1. The van der Waals surface area contributed by atoms with Crippen molar-refractivity contribution in [1.82, 2.24) is 4.90 Å². The van der Waals surface area contributed by atoms with E-state index in [-0.39, 0.29) is 0 Å². The van der Waals surface area contributed by atoms with Crippen LogP contribution < -0.4 is 0 Å². The van der Waals surface area contributed by atoms with Gasteiger partial charge in [-0.1, -0.05) is 30.3 Å². The lowest BCUT2D eigenvalue weighted by atomic mass is 10.1. The molecule has 2 atom stereocenters. The van der Waals surface area contributed by atoms with Crippen molar-refractivity contribution in [2.75, 3.05) is 27.3 Å². The van der Waals surface area contributed by atoms with Crippen molar-refractivity contribution in [2.24, 2.45) is 0 Å². The summed E-state index contributed by atoms with van der Waals surface area (Å²) in [4.78, 5) is 2.12. The van der Waals surface area contributed by atoms with Gasteiger partial charge < -0.3 is 9.84 Å². The molecule has 0 saturated carbocycles. The van der Waals surface area contributed by atoms with Crippen molar-refractivity contribution in [3.63, 3.8) is 0 Å². The van der Waals surface area contributed by atoms with Crippen LogP contribution >= 0.6 is 0 Å². The quantitative estimate of drug-likeness (QED) is 0.796. The van der Waals surface area contributed by atoms with Crippen LogP contribution in [0.15, 0.2) is 30.3 Å². The smallest absolute Gasteiger partial charge is 0.0900 e. The summed E-state index contributed by atoms with van der Waals surface area (Å²) in [6.07, 6.45) is -0.429. The predicted molar refractivity (Wildman–Crippen MR) is 65.4 cm³/mol. The van der Waals surface area contributed by atoms with E-state index in [0.717, 1.165) is 0 Å². The van der Waals surface area contributed by atoms with Gasteiger partial charge in [0.25, 0.3) is 0 Å². The average molecular weight is 223 g/mol. The van der Waals surface area contributed by atoms with Crippen LogP contribution in [-0.2, 0) is 4.74 Å². The number of likely N-dealkylation sites (N-methyl/N-ethyl adjacent to an activating group) is 1. The molecule has 0 heterocycles. The third-order valence-electron chi connectivity index (χ3n) is 2.80. The number of methoxy groups -OCH3 is 1. The van der Waals surface area contributed by atoms with Gasteiger partial charge >= 0.3 is 0 Å². The molecule has 0 aliphatic heterocycles. The molecule has 0 spiro atoms. The van der Waals surface area contributed by atoms with Crippen molar-refractivity contribution in [3.05, 3.63) is 35.9 Å². The zero-order valence-electron chi connectivity index (χ0n) is 10.3. The Morgan fingerprint density at radius 1 is 1.31 bits per heavy atom. The third-order valence-corrected chi connectivity index (χ3v) is 2.80. The summed E-state index contributed by atoms with van der Waals surface area (Å²) in [6, 6.07) is 10.6. The maximum atomic E-state index is 9.65. The number of ether oxygens (including phenoxy) is 1. The summed E-state index contributed by atoms with van der Waals surface area (Å²) in [7, 11) is 3.61.